The van der Waals surface area contributed by atoms with Gasteiger partial charge in [-0.2, -0.15) is 13.2 Å². The van der Waals surface area contributed by atoms with E-state index in [1.807, 2.05) is 19.2 Å². The Morgan fingerprint density at radius 3 is 2.60 bits per heavy atom. The summed E-state index contributed by atoms with van der Waals surface area (Å²) in [7, 11) is 1.84. The smallest absolute Gasteiger partial charge is 0.316 e. The van der Waals surface area contributed by atoms with Gasteiger partial charge in [0.15, 0.2) is 0 Å². The van der Waals surface area contributed by atoms with Crippen molar-refractivity contribution in [1.29, 1.82) is 0 Å². The average Bonchev–Trinajstić information content (AvgIpc) is 2.45. The van der Waals surface area contributed by atoms with Gasteiger partial charge in [0, 0.05) is 18.4 Å². The molecule has 2 rings (SSSR count). The number of nitrogens with one attached hydrogen (secondary N) is 1. The second-order valence-electron chi connectivity index (χ2n) is 5.62. The second kappa shape index (κ2) is 6.57. The van der Waals surface area contributed by atoms with Crippen LogP contribution in [-0.4, -0.2) is 24.2 Å². The van der Waals surface area contributed by atoms with E-state index >= 15 is 0 Å². The van der Waals surface area contributed by atoms with Gasteiger partial charge in [0.05, 0.1) is 5.92 Å². The maximum absolute atomic E-state index is 12.9. The topological polar surface area (TPSA) is 24.9 Å². The van der Waals surface area contributed by atoms with Crippen molar-refractivity contribution in [2.75, 3.05) is 7.05 Å². The van der Waals surface area contributed by atoms with Crippen LogP contribution >= 0.6 is 0 Å². The molecule has 1 fully saturated rings. The van der Waals surface area contributed by atoms with E-state index in [9.17, 15) is 13.2 Å². The molecule has 1 heterocycles. The molecular weight excluding hydrogens is 265 g/mol. The van der Waals surface area contributed by atoms with Crippen molar-refractivity contribution in [3.05, 3.63) is 30.1 Å². The van der Waals surface area contributed by atoms with Crippen molar-refractivity contribution in [3.8, 4) is 0 Å². The molecule has 0 aromatic carbocycles. The molecular formula is C15H21F3N2. The third-order valence-electron chi connectivity index (χ3n) is 4.32. The monoisotopic (exact) mass is 286 g/mol. The molecule has 1 aromatic heterocycles. The molecule has 1 saturated carbocycles. The molecule has 5 heteroatoms. The third kappa shape index (κ3) is 3.95. The Morgan fingerprint density at radius 1 is 1.30 bits per heavy atom. The average molecular weight is 286 g/mol. The second-order valence-corrected chi connectivity index (χ2v) is 5.62. The van der Waals surface area contributed by atoms with Gasteiger partial charge in [-0.25, -0.2) is 0 Å². The largest absolute Gasteiger partial charge is 0.391 e. The lowest BCUT2D eigenvalue weighted by Crippen LogP contribution is -2.40. The Hall–Kier alpha value is -1.10. The number of rotatable bonds is 4. The van der Waals surface area contributed by atoms with Gasteiger partial charge in [-0.1, -0.05) is 6.42 Å². The van der Waals surface area contributed by atoms with Gasteiger partial charge in [-0.05, 0) is 56.3 Å². The lowest BCUT2D eigenvalue weighted by Gasteiger charge is -2.35. The maximum atomic E-state index is 12.9. The van der Waals surface area contributed by atoms with Crippen LogP contribution in [0, 0.1) is 11.8 Å². The van der Waals surface area contributed by atoms with E-state index in [1.165, 1.54) is 0 Å². The first-order valence-electron chi connectivity index (χ1n) is 7.13. The molecule has 0 saturated heterocycles. The number of likely N-dealkylation sites (N-methyl/N-ethyl adjacent to an activating group) is 1. The summed E-state index contributed by atoms with van der Waals surface area (Å²) in [5.41, 5.74) is 1.12. The van der Waals surface area contributed by atoms with E-state index in [1.54, 1.807) is 12.4 Å². The molecule has 1 aliphatic carbocycles. The number of hydrogen-bond acceptors (Lipinski definition) is 2. The van der Waals surface area contributed by atoms with Crippen molar-refractivity contribution in [2.45, 2.75) is 44.3 Å². The molecule has 1 N–H and O–H groups in total. The zero-order chi connectivity index (χ0) is 14.6. The van der Waals surface area contributed by atoms with Gasteiger partial charge in [0.1, 0.15) is 0 Å². The molecule has 1 aromatic rings. The number of alkyl halides is 3. The lowest BCUT2D eigenvalue weighted by atomic mass is 9.76. The minimum atomic E-state index is -4.05. The summed E-state index contributed by atoms with van der Waals surface area (Å²) in [6.07, 6.45) is 2.24. The summed E-state index contributed by atoms with van der Waals surface area (Å²) in [4.78, 5) is 3.97. The molecule has 1 aliphatic rings. The summed E-state index contributed by atoms with van der Waals surface area (Å²) >= 11 is 0. The van der Waals surface area contributed by atoms with Gasteiger partial charge < -0.3 is 5.32 Å². The van der Waals surface area contributed by atoms with Crippen LogP contribution in [0.2, 0.25) is 0 Å². The van der Waals surface area contributed by atoms with Gasteiger partial charge in [0.2, 0.25) is 0 Å². The maximum Gasteiger partial charge on any atom is 0.391 e. The fraction of sp³-hybridized carbons (Fsp3) is 0.667. The first-order valence-corrected chi connectivity index (χ1v) is 7.13. The molecule has 0 amide bonds. The Bertz CT molecular complexity index is 405. The Labute approximate surface area is 117 Å². The molecule has 3 atom stereocenters. The minimum absolute atomic E-state index is 0.0912. The van der Waals surface area contributed by atoms with E-state index in [0.29, 0.717) is 6.42 Å². The summed E-state index contributed by atoms with van der Waals surface area (Å²) in [6, 6.07) is 3.95. The highest BCUT2D eigenvalue weighted by Gasteiger charge is 2.43. The summed E-state index contributed by atoms with van der Waals surface area (Å²) in [5, 5.41) is 3.20. The van der Waals surface area contributed by atoms with Crippen LogP contribution in [0.25, 0.3) is 0 Å². The summed E-state index contributed by atoms with van der Waals surface area (Å²) < 4.78 is 38.6. The van der Waals surface area contributed by atoms with Crippen molar-refractivity contribution >= 4 is 0 Å². The molecule has 0 bridgehead atoms. The van der Waals surface area contributed by atoms with Crippen molar-refractivity contribution < 1.29 is 13.2 Å². The Kier molecular flexibility index (Phi) is 5.02. The van der Waals surface area contributed by atoms with Crippen LogP contribution in [0.1, 0.15) is 31.2 Å². The molecule has 0 spiro atoms. The van der Waals surface area contributed by atoms with Crippen LogP contribution in [0.4, 0.5) is 13.2 Å². The lowest BCUT2D eigenvalue weighted by molar-refractivity contribution is -0.186. The zero-order valence-corrected chi connectivity index (χ0v) is 11.7. The molecule has 0 radical (unpaired) electrons. The van der Waals surface area contributed by atoms with Crippen molar-refractivity contribution in [1.82, 2.24) is 10.3 Å². The molecule has 112 valence electrons. The fourth-order valence-corrected chi connectivity index (χ4v) is 3.17. The van der Waals surface area contributed by atoms with Crippen LogP contribution in [-0.2, 0) is 6.42 Å². The van der Waals surface area contributed by atoms with Gasteiger partial charge in [-0.15, -0.1) is 0 Å². The van der Waals surface area contributed by atoms with Crippen LogP contribution in [0.15, 0.2) is 24.5 Å². The molecule has 20 heavy (non-hydrogen) atoms. The number of hydrogen-bond donors (Lipinski definition) is 1. The van der Waals surface area contributed by atoms with Crippen LogP contribution in [0.3, 0.4) is 0 Å². The normalized spacial score (nSPS) is 25.4. The number of aromatic nitrogens is 1. The highest BCUT2D eigenvalue weighted by atomic mass is 19.4. The molecule has 0 aliphatic heterocycles. The quantitative estimate of drug-likeness (QED) is 0.915. The SMILES string of the molecule is CNC(Cc1ccncc1)C1CCCC(C(F)(F)F)C1. The number of nitrogens with zero attached hydrogens (tertiary/aromatic N) is 1. The zero-order valence-electron chi connectivity index (χ0n) is 11.7. The van der Waals surface area contributed by atoms with Crippen LogP contribution in [0.5, 0.6) is 0 Å². The predicted octanol–water partition coefficient (Wildman–Crippen LogP) is 3.58. The highest BCUT2D eigenvalue weighted by Crippen LogP contribution is 2.41. The first-order chi connectivity index (χ1) is 9.50. The third-order valence-corrected chi connectivity index (χ3v) is 4.32. The first kappa shape index (κ1) is 15.3. The van der Waals surface area contributed by atoms with E-state index in [-0.39, 0.29) is 24.8 Å². The number of halogens is 3. The minimum Gasteiger partial charge on any atom is -0.316 e. The standard InChI is InChI=1S/C15H21F3N2/c1-19-14(9-11-5-7-20-8-6-11)12-3-2-4-13(10-12)15(16,17)18/h5-8,12-14,19H,2-4,9-10H2,1H3. The van der Waals surface area contributed by atoms with Crippen molar-refractivity contribution in [3.63, 3.8) is 0 Å². The highest BCUT2D eigenvalue weighted by molar-refractivity contribution is 5.12. The molecule has 3 unspecified atom stereocenters. The van der Waals surface area contributed by atoms with Crippen molar-refractivity contribution in [2.24, 2.45) is 11.8 Å². The van der Waals surface area contributed by atoms with E-state index in [2.05, 4.69) is 10.3 Å². The van der Waals surface area contributed by atoms with Gasteiger partial charge in [0.25, 0.3) is 0 Å². The fourth-order valence-electron chi connectivity index (χ4n) is 3.17. The summed E-state index contributed by atoms with van der Waals surface area (Å²) in [5.74, 6) is -1.04. The van der Waals surface area contributed by atoms with Gasteiger partial charge in [-0.3, -0.25) is 4.98 Å². The van der Waals surface area contributed by atoms with Crippen LogP contribution < -0.4 is 5.32 Å². The summed E-state index contributed by atoms with van der Waals surface area (Å²) in [6.45, 7) is 0. The Balaban J connectivity index is 2.00. The number of pyridine rings is 1. The Morgan fingerprint density at radius 2 is 2.00 bits per heavy atom. The van der Waals surface area contributed by atoms with E-state index in [0.717, 1.165) is 18.4 Å². The van der Waals surface area contributed by atoms with E-state index < -0.39 is 12.1 Å². The predicted molar refractivity (Wildman–Crippen MR) is 72.3 cm³/mol. The van der Waals surface area contributed by atoms with Gasteiger partial charge >= 0.3 is 6.18 Å². The molecule has 2 nitrogen and oxygen atoms in total. The van der Waals surface area contributed by atoms with E-state index in [4.69, 9.17) is 0 Å².